The summed E-state index contributed by atoms with van der Waals surface area (Å²) in [5.74, 6) is -0.411. The van der Waals surface area contributed by atoms with Gasteiger partial charge in [-0.3, -0.25) is 4.79 Å². The number of carbonyl (C=O) groups excluding carboxylic acids is 1. The van der Waals surface area contributed by atoms with E-state index < -0.39 is 17.0 Å². The molecule has 0 fully saturated rings. The summed E-state index contributed by atoms with van der Waals surface area (Å²) in [6.45, 7) is 7.53. The molecule has 0 amide bonds. The zero-order chi connectivity index (χ0) is 24.6. The van der Waals surface area contributed by atoms with Gasteiger partial charge in [0.25, 0.3) is 5.56 Å². The molecule has 0 spiro atoms. The first kappa shape index (κ1) is 22.1. The summed E-state index contributed by atoms with van der Waals surface area (Å²) in [5.41, 5.74) is 6.87. The van der Waals surface area contributed by atoms with E-state index in [0.29, 0.717) is 33.8 Å². The number of nitrogens with zero attached hydrogens (tertiary/aromatic N) is 3. The summed E-state index contributed by atoms with van der Waals surface area (Å²) in [5, 5.41) is 22.1. The number of amidine groups is 1. The molecule has 2 aromatic heterocycles. The molecule has 0 unspecified atom stereocenters. The highest BCUT2D eigenvalue weighted by molar-refractivity contribution is 5.99. The number of hydrogen-bond donors (Lipinski definition) is 3. The van der Waals surface area contributed by atoms with Crippen molar-refractivity contribution in [2.45, 2.75) is 52.9 Å². The van der Waals surface area contributed by atoms with Crippen LogP contribution in [0.2, 0.25) is 0 Å². The fourth-order valence-corrected chi connectivity index (χ4v) is 4.43. The van der Waals surface area contributed by atoms with Crippen LogP contribution in [-0.2, 0) is 28.3 Å². The van der Waals surface area contributed by atoms with Gasteiger partial charge < -0.3 is 25.3 Å². The average molecular weight is 463 g/mol. The summed E-state index contributed by atoms with van der Waals surface area (Å²) in [7, 11) is 0. The number of aliphatic imine (C=N–C) groups is 1. The molecule has 0 radical (unpaired) electrons. The quantitative estimate of drug-likeness (QED) is 0.236. The molecule has 0 saturated heterocycles. The van der Waals surface area contributed by atoms with Crippen LogP contribution in [0.3, 0.4) is 0 Å². The van der Waals surface area contributed by atoms with E-state index in [1.54, 1.807) is 23.6 Å². The van der Waals surface area contributed by atoms with E-state index in [9.17, 15) is 19.8 Å². The number of rotatable bonds is 2. The Labute approximate surface area is 195 Å². The Morgan fingerprint density at radius 1 is 1.29 bits per heavy atom. The van der Waals surface area contributed by atoms with Gasteiger partial charge in [0, 0.05) is 21.9 Å². The number of aliphatic hydroxyl groups is 1. The number of ether oxygens (including phenoxy) is 1. The van der Waals surface area contributed by atoms with E-state index in [2.05, 4.69) is 4.99 Å². The maximum atomic E-state index is 13.3. The van der Waals surface area contributed by atoms with Crippen LogP contribution in [0.1, 0.15) is 50.8 Å². The standard InChI is InChI=1S/C25H26N4O5/c1-5-25(33)15-9-17-19-12(10-29(17)21(31)14(15)11-34-23(25)32)8-13-16(27-19)6-7-18(30)20(13)28-22(26)24(2,3)4/h6-9,30,33H,5,10-11H2,1-4H3,(H2,26,28)/t25-/m0/s1. The Hall–Kier alpha value is -3.72. The fourth-order valence-electron chi connectivity index (χ4n) is 4.43. The normalized spacial score (nSPS) is 19.6. The van der Waals surface area contributed by atoms with Crippen molar-refractivity contribution >= 4 is 28.4 Å². The number of cyclic esters (lactones) is 1. The van der Waals surface area contributed by atoms with Crippen LogP contribution in [0.15, 0.2) is 34.1 Å². The minimum atomic E-state index is -1.87. The van der Waals surface area contributed by atoms with Gasteiger partial charge in [0.15, 0.2) is 5.60 Å². The van der Waals surface area contributed by atoms with Crippen LogP contribution in [0.4, 0.5) is 5.69 Å². The molecule has 5 rings (SSSR count). The molecule has 4 heterocycles. The van der Waals surface area contributed by atoms with Crippen LogP contribution in [0, 0.1) is 5.41 Å². The Morgan fingerprint density at radius 3 is 2.71 bits per heavy atom. The topological polar surface area (TPSA) is 140 Å². The van der Waals surface area contributed by atoms with Gasteiger partial charge in [-0.1, -0.05) is 27.7 Å². The Balaban J connectivity index is 1.74. The Morgan fingerprint density at radius 2 is 2.03 bits per heavy atom. The summed E-state index contributed by atoms with van der Waals surface area (Å²) < 4.78 is 6.68. The molecule has 0 saturated carbocycles. The lowest BCUT2D eigenvalue weighted by Crippen LogP contribution is -2.44. The zero-order valence-corrected chi connectivity index (χ0v) is 19.5. The molecule has 1 atom stereocenters. The van der Waals surface area contributed by atoms with Crippen LogP contribution >= 0.6 is 0 Å². The molecule has 9 heteroatoms. The molecular formula is C25H26N4O5. The zero-order valence-electron chi connectivity index (χ0n) is 19.5. The highest BCUT2D eigenvalue weighted by Crippen LogP contribution is 2.41. The van der Waals surface area contributed by atoms with Gasteiger partial charge in [0.2, 0.25) is 0 Å². The fraction of sp³-hybridized carbons (Fsp3) is 0.360. The Kier molecular flexibility index (Phi) is 4.64. The minimum Gasteiger partial charge on any atom is -0.506 e. The molecule has 1 aromatic carbocycles. The number of nitrogens with two attached hydrogens (primary N) is 1. The van der Waals surface area contributed by atoms with Gasteiger partial charge in [-0.25, -0.2) is 14.8 Å². The van der Waals surface area contributed by atoms with Crippen molar-refractivity contribution in [1.29, 1.82) is 0 Å². The first-order valence-corrected chi connectivity index (χ1v) is 11.1. The van der Waals surface area contributed by atoms with Gasteiger partial charge in [-0.2, -0.15) is 0 Å². The van der Waals surface area contributed by atoms with E-state index in [-0.39, 0.29) is 42.0 Å². The summed E-state index contributed by atoms with van der Waals surface area (Å²) >= 11 is 0. The minimum absolute atomic E-state index is 0.0201. The van der Waals surface area contributed by atoms with Gasteiger partial charge in [-0.15, -0.1) is 0 Å². The van der Waals surface area contributed by atoms with E-state index in [1.165, 1.54) is 6.07 Å². The second-order valence-electron chi connectivity index (χ2n) is 9.85. The number of fused-ring (bicyclic) bond motifs is 5. The van der Waals surface area contributed by atoms with E-state index in [1.807, 2.05) is 26.8 Å². The van der Waals surface area contributed by atoms with Crippen molar-refractivity contribution in [1.82, 2.24) is 9.55 Å². The highest BCUT2D eigenvalue weighted by Gasteiger charge is 2.45. The first-order valence-electron chi connectivity index (χ1n) is 11.1. The number of aromatic nitrogens is 2. The largest absolute Gasteiger partial charge is 0.506 e. The van der Waals surface area contributed by atoms with E-state index in [4.69, 9.17) is 15.5 Å². The van der Waals surface area contributed by atoms with Gasteiger partial charge in [0.1, 0.15) is 23.9 Å². The van der Waals surface area contributed by atoms with Crippen LogP contribution < -0.4 is 11.3 Å². The maximum Gasteiger partial charge on any atom is 0.343 e. The molecule has 2 aliphatic rings. The average Bonchev–Trinajstić information content (AvgIpc) is 3.14. The van der Waals surface area contributed by atoms with Crippen molar-refractivity contribution < 1.29 is 19.7 Å². The number of hydrogen-bond acceptors (Lipinski definition) is 7. The molecule has 2 aliphatic heterocycles. The molecule has 176 valence electrons. The van der Waals surface area contributed by atoms with Crippen LogP contribution in [0.5, 0.6) is 5.75 Å². The van der Waals surface area contributed by atoms with Crippen molar-refractivity contribution in [2.24, 2.45) is 16.1 Å². The van der Waals surface area contributed by atoms with Crippen molar-refractivity contribution in [3.63, 3.8) is 0 Å². The molecule has 3 aromatic rings. The molecule has 34 heavy (non-hydrogen) atoms. The van der Waals surface area contributed by atoms with Crippen molar-refractivity contribution in [2.75, 3.05) is 0 Å². The molecule has 0 aliphatic carbocycles. The molecule has 0 bridgehead atoms. The highest BCUT2D eigenvalue weighted by atomic mass is 16.6. The summed E-state index contributed by atoms with van der Waals surface area (Å²) in [6, 6.07) is 6.71. The maximum absolute atomic E-state index is 13.3. The van der Waals surface area contributed by atoms with E-state index in [0.717, 1.165) is 5.56 Å². The lowest BCUT2D eigenvalue weighted by Gasteiger charge is -2.31. The smallest absolute Gasteiger partial charge is 0.343 e. The third-order valence-electron chi connectivity index (χ3n) is 6.64. The number of phenolic OH excluding ortho intramolecular Hbond substituents is 1. The van der Waals surface area contributed by atoms with E-state index >= 15 is 0 Å². The summed E-state index contributed by atoms with van der Waals surface area (Å²) in [6.07, 6.45) is 0.0789. The number of aromatic hydroxyl groups is 1. The van der Waals surface area contributed by atoms with Gasteiger partial charge in [-0.05, 0) is 30.7 Å². The van der Waals surface area contributed by atoms with Crippen molar-refractivity contribution in [3.8, 4) is 17.1 Å². The lowest BCUT2D eigenvalue weighted by atomic mass is 9.86. The second-order valence-corrected chi connectivity index (χ2v) is 9.85. The SMILES string of the molecule is CC[C@@]1(O)C(=O)OCc2c1cc1n(c2=O)Cc2cc3c(N=C(N)C(C)(C)C)c(O)ccc3nc2-1. The molecular weight excluding hydrogens is 436 g/mol. The second kappa shape index (κ2) is 7.14. The number of esters is 1. The number of carbonyl (C=O) groups is 1. The predicted molar refractivity (Wildman–Crippen MR) is 127 cm³/mol. The third-order valence-corrected chi connectivity index (χ3v) is 6.64. The number of benzene rings is 1. The molecule has 4 N–H and O–H groups in total. The van der Waals surface area contributed by atoms with Crippen LogP contribution in [-0.4, -0.2) is 31.6 Å². The predicted octanol–water partition coefficient (Wildman–Crippen LogP) is 2.82. The lowest BCUT2D eigenvalue weighted by molar-refractivity contribution is -0.172. The summed E-state index contributed by atoms with van der Waals surface area (Å²) in [4.78, 5) is 34.9. The van der Waals surface area contributed by atoms with Gasteiger partial charge in [0.05, 0.1) is 29.0 Å². The van der Waals surface area contributed by atoms with Crippen LogP contribution in [0.25, 0.3) is 22.3 Å². The number of pyridine rings is 2. The van der Waals surface area contributed by atoms with Gasteiger partial charge >= 0.3 is 5.97 Å². The first-order chi connectivity index (χ1) is 16.0. The molecule has 9 nitrogen and oxygen atoms in total. The van der Waals surface area contributed by atoms with Crippen molar-refractivity contribution in [3.05, 3.63) is 51.3 Å². The third kappa shape index (κ3) is 3.03. The Bertz CT molecular complexity index is 1480. The number of phenols is 1. The monoisotopic (exact) mass is 462 g/mol.